The van der Waals surface area contributed by atoms with E-state index < -0.39 is 5.97 Å². The summed E-state index contributed by atoms with van der Waals surface area (Å²) in [7, 11) is 0. The highest BCUT2D eigenvalue weighted by molar-refractivity contribution is 9.11. The number of aromatic hydroxyl groups is 1. The molecule has 2 aromatic rings. The van der Waals surface area contributed by atoms with Crippen LogP contribution in [0.15, 0.2) is 38.6 Å². The first kappa shape index (κ1) is 16.5. The number of hydrogen-bond acceptors (Lipinski definition) is 4. The molecule has 2 rings (SSSR count). The smallest absolute Gasteiger partial charge is 0.305 e. The van der Waals surface area contributed by atoms with Gasteiger partial charge in [-0.3, -0.25) is 4.79 Å². The first-order valence-corrected chi connectivity index (χ1v) is 8.59. The molecule has 0 bridgehead atoms. The summed E-state index contributed by atoms with van der Waals surface area (Å²) >= 11 is 8.10. The van der Waals surface area contributed by atoms with Gasteiger partial charge in [0.2, 0.25) is 0 Å². The van der Waals surface area contributed by atoms with Crippen LogP contribution in [0.25, 0.3) is 0 Å². The Balaban J connectivity index is 2.10. The second-order valence-electron chi connectivity index (χ2n) is 4.45. The number of hydrogen-bond donors (Lipinski definition) is 3. The SMILES string of the molecule is O=C(O)CC(NCc1cc(Br)c(O)c(Br)c1)c1cccs1. The van der Waals surface area contributed by atoms with E-state index in [0.29, 0.717) is 15.5 Å². The van der Waals surface area contributed by atoms with Gasteiger partial charge in [0.05, 0.1) is 21.4 Å². The van der Waals surface area contributed by atoms with Crippen LogP contribution in [0.1, 0.15) is 22.9 Å². The maximum Gasteiger partial charge on any atom is 0.305 e. The summed E-state index contributed by atoms with van der Waals surface area (Å²) in [5.41, 5.74) is 0.943. The van der Waals surface area contributed by atoms with Crippen LogP contribution in [0.5, 0.6) is 5.75 Å². The quantitative estimate of drug-likeness (QED) is 0.634. The topological polar surface area (TPSA) is 69.6 Å². The van der Waals surface area contributed by atoms with E-state index in [4.69, 9.17) is 5.11 Å². The second-order valence-corrected chi connectivity index (χ2v) is 7.14. The molecule has 1 unspecified atom stereocenters. The fourth-order valence-electron chi connectivity index (χ4n) is 1.90. The summed E-state index contributed by atoms with van der Waals surface area (Å²) in [6.07, 6.45) is 0.0287. The summed E-state index contributed by atoms with van der Waals surface area (Å²) in [5, 5.41) is 23.9. The van der Waals surface area contributed by atoms with E-state index in [-0.39, 0.29) is 18.2 Å². The Hall–Kier alpha value is -0.890. The van der Waals surface area contributed by atoms with E-state index in [9.17, 15) is 9.90 Å². The van der Waals surface area contributed by atoms with Crippen LogP contribution < -0.4 is 5.32 Å². The Labute approximate surface area is 143 Å². The second kappa shape index (κ2) is 7.40. The molecule has 0 radical (unpaired) electrons. The number of aliphatic carboxylic acids is 1. The van der Waals surface area contributed by atoms with Crippen LogP contribution in [-0.4, -0.2) is 16.2 Å². The van der Waals surface area contributed by atoms with Crippen molar-refractivity contribution >= 4 is 49.2 Å². The van der Waals surface area contributed by atoms with Gasteiger partial charge < -0.3 is 15.5 Å². The molecule has 1 atom stereocenters. The number of nitrogens with one attached hydrogen (secondary N) is 1. The molecule has 3 N–H and O–H groups in total. The van der Waals surface area contributed by atoms with Crippen molar-refractivity contribution in [3.63, 3.8) is 0 Å². The zero-order valence-corrected chi connectivity index (χ0v) is 14.8. The van der Waals surface area contributed by atoms with Crippen LogP contribution in [0.2, 0.25) is 0 Å². The predicted octanol–water partition coefficient (Wildman–Crippen LogP) is 4.28. The van der Waals surface area contributed by atoms with Crippen LogP contribution >= 0.6 is 43.2 Å². The van der Waals surface area contributed by atoms with Crippen molar-refractivity contribution in [3.8, 4) is 5.75 Å². The first-order chi connectivity index (χ1) is 9.97. The van der Waals surface area contributed by atoms with Crippen molar-refractivity contribution in [2.45, 2.75) is 19.0 Å². The normalized spacial score (nSPS) is 12.3. The van der Waals surface area contributed by atoms with Gasteiger partial charge in [-0.15, -0.1) is 11.3 Å². The molecule has 1 heterocycles. The van der Waals surface area contributed by atoms with E-state index in [1.165, 1.54) is 11.3 Å². The van der Waals surface area contributed by atoms with Gasteiger partial charge in [-0.1, -0.05) is 6.07 Å². The van der Waals surface area contributed by atoms with Gasteiger partial charge in [-0.25, -0.2) is 0 Å². The van der Waals surface area contributed by atoms with Gasteiger partial charge in [0.1, 0.15) is 5.75 Å². The Kier molecular flexibility index (Phi) is 5.80. The number of halogens is 2. The Morgan fingerprint density at radius 2 is 2.00 bits per heavy atom. The molecule has 0 aliphatic rings. The van der Waals surface area contributed by atoms with E-state index >= 15 is 0 Å². The fourth-order valence-corrected chi connectivity index (χ4v) is 3.98. The molecular weight excluding hydrogens is 422 g/mol. The number of carbonyl (C=O) groups is 1. The number of thiophene rings is 1. The zero-order valence-electron chi connectivity index (χ0n) is 10.8. The minimum atomic E-state index is -0.839. The largest absolute Gasteiger partial charge is 0.506 e. The first-order valence-electron chi connectivity index (χ1n) is 6.13. The van der Waals surface area contributed by atoms with Gasteiger partial charge in [0, 0.05) is 11.4 Å². The molecule has 4 nitrogen and oxygen atoms in total. The highest BCUT2D eigenvalue weighted by Gasteiger charge is 2.16. The Morgan fingerprint density at radius 3 is 2.52 bits per heavy atom. The average molecular weight is 435 g/mol. The summed E-state index contributed by atoms with van der Waals surface area (Å²) < 4.78 is 1.19. The third-order valence-electron chi connectivity index (χ3n) is 2.89. The molecular formula is C14H13Br2NO3S. The van der Waals surface area contributed by atoms with Crippen LogP contribution in [0.4, 0.5) is 0 Å². The maximum atomic E-state index is 11.0. The fraction of sp³-hybridized carbons (Fsp3) is 0.214. The molecule has 1 aromatic heterocycles. The molecule has 0 fully saturated rings. The molecule has 7 heteroatoms. The molecule has 0 amide bonds. The Morgan fingerprint density at radius 1 is 1.33 bits per heavy atom. The minimum Gasteiger partial charge on any atom is -0.506 e. The lowest BCUT2D eigenvalue weighted by molar-refractivity contribution is -0.137. The highest BCUT2D eigenvalue weighted by Crippen LogP contribution is 2.33. The van der Waals surface area contributed by atoms with Crippen molar-refractivity contribution in [1.82, 2.24) is 5.32 Å². The van der Waals surface area contributed by atoms with Crippen molar-refractivity contribution in [3.05, 3.63) is 49.0 Å². The molecule has 0 saturated carbocycles. The number of benzene rings is 1. The van der Waals surface area contributed by atoms with Crippen molar-refractivity contribution in [2.75, 3.05) is 0 Å². The van der Waals surface area contributed by atoms with Crippen molar-refractivity contribution in [2.24, 2.45) is 0 Å². The summed E-state index contributed by atoms with van der Waals surface area (Å²) in [6.45, 7) is 0.507. The predicted molar refractivity (Wildman–Crippen MR) is 89.7 cm³/mol. The van der Waals surface area contributed by atoms with Crippen LogP contribution in [0, 0.1) is 0 Å². The van der Waals surface area contributed by atoms with E-state index in [1.807, 2.05) is 17.5 Å². The minimum absolute atomic E-state index is 0.0287. The van der Waals surface area contributed by atoms with Gasteiger partial charge in [0.25, 0.3) is 0 Å². The summed E-state index contributed by atoms with van der Waals surface area (Å²) in [4.78, 5) is 12.0. The number of carboxylic acids is 1. The van der Waals surface area contributed by atoms with Crippen molar-refractivity contribution in [1.29, 1.82) is 0 Å². The zero-order chi connectivity index (χ0) is 15.4. The van der Waals surface area contributed by atoms with Gasteiger partial charge in [-0.05, 0) is 61.0 Å². The van der Waals surface area contributed by atoms with Crippen LogP contribution in [0.3, 0.4) is 0 Å². The lowest BCUT2D eigenvalue weighted by Gasteiger charge is -2.16. The van der Waals surface area contributed by atoms with Gasteiger partial charge in [0.15, 0.2) is 0 Å². The molecule has 0 aliphatic heterocycles. The highest BCUT2D eigenvalue weighted by atomic mass is 79.9. The molecule has 1 aromatic carbocycles. The van der Waals surface area contributed by atoms with Gasteiger partial charge in [-0.2, -0.15) is 0 Å². The number of carboxylic acid groups (broad SMARTS) is 1. The van der Waals surface area contributed by atoms with E-state index in [0.717, 1.165) is 10.4 Å². The number of phenolic OH excluding ortho intramolecular Hbond substituents is 1. The average Bonchev–Trinajstić information content (AvgIpc) is 2.94. The molecule has 0 spiro atoms. The standard InChI is InChI=1S/C14H13Br2NO3S/c15-9-4-8(5-10(16)14(9)20)7-17-11(6-13(18)19)12-2-1-3-21-12/h1-5,11,17,20H,6-7H2,(H,18,19). The lowest BCUT2D eigenvalue weighted by atomic mass is 10.1. The van der Waals surface area contributed by atoms with Gasteiger partial charge >= 0.3 is 5.97 Å². The van der Waals surface area contributed by atoms with E-state index in [1.54, 1.807) is 12.1 Å². The maximum absolute atomic E-state index is 11.0. The molecule has 112 valence electrons. The summed E-state index contributed by atoms with van der Waals surface area (Å²) in [6, 6.07) is 7.21. The molecule has 0 aliphatic carbocycles. The molecule has 21 heavy (non-hydrogen) atoms. The van der Waals surface area contributed by atoms with E-state index in [2.05, 4.69) is 37.2 Å². The monoisotopic (exact) mass is 433 g/mol. The van der Waals surface area contributed by atoms with Crippen molar-refractivity contribution < 1.29 is 15.0 Å². The number of phenols is 1. The lowest BCUT2D eigenvalue weighted by Crippen LogP contribution is -2.22. The summed E-state index contributed by atoms with van der Waals surface area (Å²) in [5.74, 6) is -0.687. The molecule has 0 saturated heterocycles. The Bertz CT molecular complexity index is 608. The third kappa shape index (κ3) is 4.54. The number of rotatable bonds is 6. The third-order valence-corrected chi connectivity index (χ3v) is 5.09. The van der Waals surface area contributed by atoms with Crippen LogP contribution in [-0.2, 0) is 11.3 Å².